The zero-order valence-corrected chi connectivity index (χ0v) is 19.2. The average molecular weight is 483 g/mol. The van der Waals surface area contributed by atoms with Crippen molar-refractivity contribution in [2.24, 2.45) is 23.7 Å². The molecular formula is C25H20Cl2N2O4. The van der Waals surface area contributed by atoms with Crippen molar-refractivity contribution in [2.45, 2.75) is 19.4 Å². The van der Waals surface area contributed by atoms with Gasteiger partial charge in [0.05, 0.1) is 21.9 Å². The fraction of sp³-hybridized carbons (Fsp3) is 0.280. The molecule has 2 aliphatic carbocycles. The third-order valence-corrected chi connectivity index (χ3v) is 7.58. The molecule has 2 fully saturated rings. The molecule has 2 aromatic carbocycles. The summed E-state index contributed by atoms with van der Waals surface area (Å²) in [4.78, 5) is 53.9. The van der Waals surface area contributed by atoms with Crippen LogP contribution in [0.3, 0.4) is 0 Å². The Kier molecular flexibility index (Phi) is 5.38. The highest BCUT2D eigenvalue weighted by molar-refractivity contribution is 6.42. The third kappa shape index (κ3) is 3.40. The van der Waals surface area contributed by atoms with Crippen molar-refractivity contribution in [1.29, 1.82) is 0 Å². The number of hydrazine groups is 1. The molecule has 33 heavy (non-hydrogen) atoms. The van der Waals surface area contributed by atoms with Gasteiger partial charge < -0.3 is 0 Å². The van der Waals surface area contributed by atoms with Crippen molar-refractivity contribution < 1.29 is 19.2 Å². The molecule has 2 bridgehead atoms. The first-order valence-electron chi connectivity index (χ1n) is 10.7. The number of ketones is 1. The quantitative estimate of drug-likeness (QED) is 0.358. The molecule has 1 heterocycles. The Labute approximate surface area is 200 Å². The van der Waals surface area contributed by atoms with Crippen molar-refractivity contribution in [3.05, 3.63) is 81.9 Å². The number of Topliss-reactive ketones (excluding diaryl/α,β-unsaturated/α-hetero) is 1. The van der Waals surface area contributed by atoms with Gasteiger partial charge in [-0.2, -0.15) is 5.01 Å². The smallest absolute Gasteiger partial charge is 0.273 e. The molecule has 168 valence electrons. The summed E-state index contributed by atoms with van der Waals surface area (Å²) in [5.41, 5.74) is 0.494. The highest BCUT2D eigenvalue weighted by atomic mass is 35.5. The second kappa shape index (κ2) is 8.12. The summed E-state index contributed by atoms with van der Waals surface area (Å²) in [6, 6.07) is 11.7. The van der Waals surface area contributed by atoms with Gasteiger partial charge in [0.1, 0.15) is 6.04 Å². The number of carbonyl (C=O) groups excluding carboxylic acids is 4. The van der Waals surface area contributed by atoms with Gasteiger partial charge in [0.2, 0.25) is 0 Å². The predicted molar refractivity (Wildman–Crippen MR) is 122 cm³/mol. The number of carbonyl (C=O) groups is 4. The predicted octanol–water partition coefficient (Wildman–Crippen LogP) is 4.43. The summed E-state index contributed by atoms with van der Waals surface area (Å²) in [7, 11) is 0. The summed E-state index contributed by atoms with van der Waals surface area (Å²) < 4.78 is 0. The number of hydrogen-bond acceptors (Lipinski definition) is 4. The van der Waals surface area contributed by atoms with Crippen LogP contribution in [0.25, 0.3) is 0 Å². The Morgan fingerprint density at radius 2 is 1.52 bits per heavy atom. The van der Waals surface area contributed by atoms with Crippen molar-refractivity contribution in [2.75, 3.05) is 0 Å². The maximum Gasteiger partial charge on any atom is 0.273 e. The van der Waals surface area contributed by atoms with E-state index in [4.69, 9.17) is 23.2 Å². The van der Waals surface area contributed by atoms with Gasteiger partial charge >= 0.3 is 0 Å². The number of amides is 3. The molecule has 8 heteroatoms. The van der Waals surface area contributed by atoms with Crippen molar-refractivity contribution in [3.8, 4) is 0 Å². The van der Waals surface area contributed by atoms with Gasteiger partial charge in [-0.1, -0.05) is 65.7 Å². The van der Waals surface area contributed by atoms with E-state index < -0.39 is 35.6 Å². The van der Waals surface area contributed by atoms with Crippen molar-refractivity contribution in [1.82, 2.24) is 10.0 Å². The number of allylic oxidation sites excluding steroid dienone is 2. The van der Waals surface area contributed by atoms with Crippen molar-refractivity contribution in [3.63, 3.8) is 0 Å². The van der Waals surface area contributed by atoms with E-state index in [0.717, 1.165) is 16.4 Å². The average Bonchev–Trinajstić information content (AvgIpc) is 3.51. The summed E-state index contributed by atoms with van der Waals surface area (Å²) in [5.74, 6) is -3.00. The third-order valence-electron chi connectivity index (χ3n) is 6.84. The number of nitrogens with zero attached hydrogens (tertiary/aromatic N) is 2. The van der Waals surface area contributed by atoms with E-state index in [1.54, 1.807) is 30.3 Å². The SMILES string of the molecule is C[C@H](C(=O)c1ccccc1)N(C(=O)c1ccc(Cl)c(Cl)c1)N1C(=O)[C@H]2[C@H](C1=O)[C@H]1C=C[C@H]2C1. The molecule has 1 saturated heterocycles. The largest absolute Gasteiger partial charge is 0.292 e. The van der Waals surface area contributed by atoms with E-state index >= 15 is 0 Å². The first-order valence-corrected chi connectivity index (χ1v) is 11.5. The lowest BCUT2D eigenvalue weighted by molar-refractivity contribution is -0.157. The first kappa shape index (κ1) is 21.9. The Balaban J connectivity index is 1.56. The summed E-state index contributed by atoms with van der Waals surface area (Å²) in [6.45, 7) is 1.52. The molecular weight excluding hydrogens is 463 g/mol. The van der Waals surface area contributed by atoms with Gasteiger partial charge in [0, 0.05) is 11.1 Å². The van der Waals surface area contributed by atoms with Gasteiger partial charge in [-0.15, -0.1) is 0 Å². The fourth-order valence-corrected chi connectivity index (χ4v) is 5.55. The molecule has 0 N–H and O–H groups in total. The Morgan fingerprint density at radius 3 is 2.09 bits per heavy atom. The fourth-order valence-electron chi connectivity index (χ4n) is 5.25. The lowest BCUT2D eigenvalue weighted by atomic mass is 9.85. The first-order chi connectivity index (χ1) is 15.8. The molecule has 3 aliphatic rings. The van der Waals surface area contributed by atoms with Crippen LogP contribution in [-0.2, 0) is 9.59 Å². The summed E-state index contributed by atoms with van der Waals surface area (Å²) in [5, 5.41) is 2.32. The van der Waals surface area contributed by atoms with Crippen LogP contribution in [-0.4, -0.2) is 39.6 Å². The molecule has 0 aromatic heterocycles. The highest BCUT2D eigenvalue weighted by Gasteiger charge is 2.61. The van der Waals surface area contributed by atoms with Gasteiger partial charge in [0.25, 0.3) is 17.7 Å². The molecule has 1 aliphatic heterocycles. The van der Waals surface area contributed by atoms with E-state index in [9.17, 15) is 19.2 Å². The van der Waals surface area contributed by atoms with Gasteiger partial charge in [-0.05, 0) is 43.4 Å². The second-order valence-electron chi connectivity index (χ2n) is 8.67. The standard InChI is InChI=1S/C25H20Cl2N2O4/c1-13(22(30)14-5-3-2-4-6-14)28(23(31)17-9-10-18(26)19(27)12-17)29-24(32)20-15-7-8-16(11-15)21(20)25(29)33/h2-10,12-13,15-16,20-21H,11H2,1H3/t13-,15+,16+,20-,21-/m1/s1. The molecule has 5 rings (SSSR count). The molecule has 0 radical (unpaired) electrons. The molecule has 0 spiro atoms. The topological polar surface area (TPSA) is 74.8 Å². The summed E-state index contributed by atoms with van der Waals surface area (Å²) >= 11 is 12.1. The normalized spacial score (nSPS) is 26.0. The molecule has 3 amide bonds. The minimum atomic E-state index is -1.10. The van der Waals surface area contributed by atoms with E-state index in [-0.39, 0.29) is 33.2 Å². The molecule has 0 unspecified atom stereocenters. The maximum absolute atomic E-state index is 13.7. The Bertz CT molecular complexity index is 1180. The molecule has 1 saturated carbocycles. The van der Waals surface area contributed by atoms with Crippen LogP contribution in [0.15, 0.2) is 60.7 Å². The van der Waals surface area contributed by atoms with Crippen LogP contribution < -0.4 is 0 Å². The van der Waals surface area contributed by atoms with E-state index in [2.05, 4.69) is 0 Å². The minimum absolute atomic E-state index is 0.0245. The molecule has 2 aromatic rings. The lowest BCUT2D eigenvalue weighted by Crippen LogP contribution is -2.56. The van der Waals surface area contributed by atoms with Crippen LogP contribution in [0.4, 0.5) is 0 Å². The van der Waals surface area contributed by atoms with E-state index in [1.807, 2.05) is 12.2 Å². The second-order valence-corrected chi connectivity index (χ2v) is 9.49. The van der Waals surface area contributed by atoms with E-state index in [0.29, 0.717) is 5.56 Å². The Hall–Kier alpha value is -2.96. The van der Waals surface area contributed by atoms with E-state index in [1.165, 1.54) is 25.1 Å². The van der Waals surface area contributed by atoms with Crippen LogP contribution in [0.1, 0.15) is 34.1 Å². The zero-order valence-electron chi connectivity index (χ0n) is 17.7. The van der Waals surface area contributed by atoms with Crippen LogP contribution in [0.5, 0.6) is 0 Å². The van der Waals surface area contributed by atoms with Crippen LogP contribution in [0, 0.1) is 23.7 Å². The molecule has 6 nitrogen and oxygen atoms in total. The summed E-state index contributed by atoms with van der Waals surface area (Å²) in [6.07, 6.45) is 4.72. The van der Waals surface area contributed by atoms with Crippen LogP contribution in [0.2, 0.25) is 10.0 Å². The molecule has 5 atom stereocenters. The van der Waals surface area contributed by atoms with Gasteiger partial charge in [-0.3, -0.25) is 19.2 Å². The Morgan fingerprint density at radius 1 is 0.909 bits per heavy atom. The number of imide groups is 1. The lowest BCUT2D eigenvalue weighted by Gasteiger charge is -2.35. The number of fused-ring (bicyclic) bond motifs is 5. The highest BCUT2D eigenvalue weighted by Crippen LogP contribution is 2.53. The number of hydrogen-bond donors (Lipinski definition) is 0. The maximum atomic E-state index is 13.7. The number of halogens is 2. The van der Waals surface area contributed by atoms with Gasteiger partial charge in [0.15, 0.2) is 5.78 Å². The number of rotatable bonds is 5. The zero-order chi connectivity index (χ0) is 23.4. The van der Waals surface area contributed by atoms with Crippen molar-refractivity contribution >= 4 is 46.7 Å². The number of benzene rings is 2. The van der Waals surface area contributed by atoms with Crippen LogP contribution >= 0.6 is 23.2 Å². The minimum Gasteiger partial charge on any atom is -0.292 e. The monoisotopic (exact) mass is 482 g/mol. The van der Waals surface area contributed by atoms with Gasteiger partial charge in [-0.25, -0.2) is 5.01 Å².